The molecule has 23 heavy (non-hydrogen) atoms. The zero-order chi connectivity index (χ0) is 16.0. The highest BCUT2D eigenvalue weighted by molar-refractivity contribution is 5.98. The van der Waals surface area contributed by atoms with Gasteiger partial charge in [0.2, 0.25) is 0 Å². The summed E-state index contributed by atoms with van der Waals surface area (Å²) < 4.78 is 16.2. The fourth-order valence-electron chi connectivity index (χ4n) is 3.13. The number of nitrogens with two attached hydrogens (primary N) is 1. The molecule has 0 unspecified atom stereocenters. The lowest BCUT2D eigenvalue weighted by Crippen LogP contribution is -2.36. The Balaban J connectivity index is 1.88. The Morgan fingerprint density at radius 3 is 2.74 bits per heavy atom. The summed E-state index contributed by atoms with van der Waals surface area (Å²) in [6, 6.07) is 2.81. The van der Waals surface area contributed by atoms with Crippen LogP contribution >= 0.6 is 0 Å². The molecule has 2 aromatic heterocycles. The van der Waals surface area contributed by atoms with E-state index in [1.165, 1.54) is 6.07 Å². The fraction of sp³-hybridized carbons (Fsp3) is 0.312. The Kier molecular flexibility index (Phi) is 3.14. The summed E-state index contributed by atoms with van der Waals surface area (Å²) in [5.74, 6) is -0.557. The zero-order valence-electron chi connectivity index (χ0n) is 12.5. The fourth-order valence-corrected chi connectivity index (χ4v) is 3.13. The van der Waals surface area contributed by atoms with Gasteiger partial charge < -0.3 is 10.6 Å². The first kappa shape index (κ1) is 13.9. The minimum Gasteiger partial charge on any atom is -0.382 e. The summed E-state index contributed by atoms with van der Waals surface area (Å²) in [6.07, 6.45) is 6.22. The number of amides is 1. The minimum absolute atomic E-state index is 0.0703. The maximum atomic E-state index is 14.4. The lowest BCUT2D eigenvalue weighted by Gasteiger charge is -2.27. The number of rotatable bonds is 1. The molecule has 1 aliphatic rings. The van der Waals surface area contributed by atoms with E-state index >= 15 is 0 Å². The van der Waals surface area contributed by atoms with Crippen molar-refractivity contribution in [3.8, 4) is 0 Å². The lowest BCUT2D eigenvalue weighted by molar-refractivity contribution is 0.0720. The van der Waals surface area contributed by atoms with Crippen LogP contribution in [0.3, 0.4) is 0 Å². The number of aromatic nitrogens is 3. The molecule has 6 nitrogen and oxygen atoms in total. The molecule has 118 valence electrons. The van der Waals surface area contributed by atoms with Gasteiger partial charge in [0.1, 0.15) is 17.2 Å². The van der Waals surface area contributed by atoms with Crippen molar-refractivity contribution in [2.45, 2.75) is 19.3 Å². The number of carbonyl (C=O) groups is 1. The zero-order valence-corrected chi connectivity index (χ0v) is 12.5. The highest BCUT2D eigenvalue weighted by Crippen LogP contribution is 2.24. The topological polar surface area (TPSA) is 76.5 Å². The van der Waals surface area contributed by atoms with Gasteiger partial charge in [-0.05, 0) is 25.3 Å². The molecule has 0 atom stereocenters. The van der Waals surface area contributed by atoms with Gasteiger partial charge in [0.25, 0.3) is 5.91 Å². The Bertz CT molecular complexity index is 914. The summed E-state index contributed by atoms with van der Waals surface area (Å²) in [5.41, 5.74) is 7.59. The average Bonchev–Trinajstić information content (AvgIpc) is 3.05. The van der Waals surface area contributed by atoms with Gasteiger partial charge in [0, 0.05) is 19.2 Å². The molecule has 1 fully saturated rings. The number of nitrogen functional groups attached to an aromatic ring is 1. The molecule has 1 aromatic carbocycles. The molecule has 2 N–H and O–H groups in total. The largest absolute Gasteiger partial charge is 0.382 e. The van der Waals surface area contributed by atoms with Gasteiger partial charge in [0.05, 0.1) is 29.1 Å². The van der Waals surface area contributed by atoms with E-state index in [1.807, 2.05) is 0 Å². The second-order valence-electron chi connectivity index (χ2n) is 5.82. The predicted octanol–water partition coefficient (Wildman–Crippen LogP) is 2.23. The number of piperidine rings is 1. The first-order valence-electron chi connectivity index (χ1n) is 7.65. The van der Waals surface area contributed by atoms with Gasteiger partial charge in [-0.3, -0.25) is 9.20 Å². The summed E-state index contributed by atoms with van der Waals surface area (Å²) >= 11 is 0. The molecule has 0 radical (unpaired) electrons. The normalized spacial score (nSPS) is 15.4. The number of nitrogens with zero attached hydrogens (tertiary/aromatic N) is 4. The maximum absolute atomic E-state index is 14.4. The molecule has 0 spiro atoms. The van der Waals surface area contributed by atoms with Gasteiger partial charge >= 0.3 is 0 Å². The third-order valence-corrected chi connectivity index (χ3v) is 4.34. The number of likely N-dealkylation sites (tertiary alicyclic amines) is 1. The van der Waals surface area contributed by atoms with Crippen molar-refractivity contribution < 1.29 is 9.18 Å². The lowest BCUT2D eigenvalue weighted by atomic mass is 10.1. The molecular formula is C16H16FN5O. The predicted molar refractivity (Wildman–Crippen MR) is 84.6 cm³/mol. The van der Waals surface area contributed by atoms with Crippen LogP contribution in [0.2, 0.25) is 0 Å². The molecule has 0 saturated carbocycles. The van der Waals surface area contributed by atoms with E-state index in [4.69, 9.17) is 5.73 Å². The van der Waals surface area contributed by atoms with Gasteiger partial charge in [-0.2, -0.15) is 0 Å². The van der Waals surface area contributed by atoms with Crippen LogP contribution < -0.4 is 5.73 Å². The van der Waals surface area contributed by atoms with E-state index in [9.17, 15) is 9.18 Å². The van der Waals surface area contributed by atoms with Crippen LogP contribution in [0.4, 0.5) is 10.2 Å². The summed E-state index contributed by atoms with van der Waals surface area (Å²) in [6.45, 7) is 1.35. The molecular weight excluding hydrogens is 297 g/mol. The molecule has 3 heterocycles. The van der Waals surface area contributed by atoms with Crippen LogP contribution in [-0.2, 0) is 0 Å². The number of fused-ring (bicyclic) bond motifs is 3. The van der Waals surface area contributed by atoms with E-state index in [0.717, 1.165) is 19.3 Å². The van der Waals surface area contributed by atoms with Crippen molar-refractivity contribution in [1.82, 2.24) is 19.3 Å². The van der Waals surface area contributed by atoms with E-state index < -0.39 is 5.82 Å². The highest BCUT2D eigenvalue weighted by atomic mass is 19.1. The average molecular weight is 313 g/mol. The number of benzene rings is 1. The third kappa shape index (κ3) is 2.19. The Morgan fingerprint density at radius 2 is 1.96 bits per heavy atom. The number of halogens is 1. The van der Waals surface area contributed by atoms with Crippen LogP contribution in [0.1, 0.15) is 29.6 Å². The van der Waals surface area contributed by atoms with Crippen LogP contribution in [0.15, 0.2) is 24.7 Å². The molecule has 1 aliphatic heterocycles. The number of anilines is 1. The third-order valence-electron chi connectivity index (χ3n) is 4.34. The summed E-state index contributed by atoms with van der Waals surface area (Å²) in [4.78, 5) is 22.6. The number of hydrogen-bond donors (Lipinski definition) is 1. The van der Waals surface area contributed by atoms with Crippen molar-refractivity contribution in [3.63, 3.8) is 0 Å². The van der Waals surface area contributed by atoms with Gasteiger partial charge in [-0.25, -0.2) is 14.4 Å². The van der Waals surface area contributed by atoms with Gasteiger partial charge in [-0.1, -0.05) is 0 Å². The minimum atomic E-state index is -0.570. The molecule has 1 saturated heterocycles. The molecule has 0 aliphatic carbocycles. The van der Waals surface area contributed by atoms with Crippen LogP contribution in [-0.4, -0.2) is 38.3 Å². The van der Waals surface area contributed by atoms with Gasteiger partial charge in [0.15, 0.2) is 0 Å². The van der Waals surface area contributed by atoms with Crippen molar-refractivity contribution in [3.05, 3.63) is 36.0 Å². The Labute approximate surface area is 131 Å². The molecule has 3 aromatic rings. The quantitative estimate of drug-likeness (QED) is 0.747. The van der Waals surface area contributed by atoms with Crippen LogP contribution in [0, 0.1) is 5.82 Å². The molecule has 4 rings (SSSR count). The summed E-state index contributed by atoms with van der Waals surface area (Å²) in [5, 5.41) is 0. The first-order valence-corrected chi connectivity index (χ1v) is 7.65. The Morgan fingerprint density at radius 1 is 1.17 bits per heavy atom. The van der Waals surface area contributed by atoms with Gasteiger partial charge in [-0.15, -0.1) is 0 Å². The molecule has 7 heteroatoms. The first-order chi connectivity index (χ1) is 11.1. The maximum Gasteiger partial charge on any atom is 0.256 e. The van der Waals surface area contributed by atoms with Crippen LogP contribution in [0.5, 0.6) is 0 Å². The number of imidazole rings is 1. The standard InChI is InChI=1S/C16H16FN5O/c17-11-7-12-13(22-9-19-8-14(22)15(18)20-12)6-10(11)16(23)21-4-2-1-3-5-21/h6-9H,1-5H2,(H2,18,20). The highest BCUT2D eigenvalue weighted by Gasteiger charge is 2.22. The SMILES string of the molecule is Nc1nc2cc(F)c(C(=O)N3CCCCC3)cc2n2cncc12. The second kappa shape index (κ2) is 5.19. The van der Waals surface area contributed by atoms with Crippen LogP contribution in [0.25, 0.3) is 16.6 Å². The van der Waals surface area contributed by atoms with E-state index in [0.29, 0.717) is 29.6 Å². The Hall–Kier alpha value is -2.70. The number of carbonyl (C=O) groups excluding carboxylic acids is 1. The van der Waals surface area contributed by atoms with Crippen molar-refractivity contribution in [2.24, 2.45) is 0 Å². The van der Waals surface area contributed by atoms with Crippen molar-refractivity contribution in [2.75, 3.05) is 18.8 Å². The van der Waals surface area contributed by atoms with Crippen molar-refractivity contribution >= 4 is 28.3 Å². The molecule has 1 amide bonds. The smallest absolute Gasteiger partial charge is 0.256 e. The van der Waals surface area contributed by atoms with Crippen molar-refractivity contribution in [1.29, 1.82) is 0 Å². The number of hydrogen-bond acceptors (Lipinski definition) is 4. The molecule has 0 bridgehead atoms. The second-order valence-corrected chi connectivity index (χ2v) is 5.82. The van der Waals surface area contributed by atoms with E-state index in [-0.39, 0.29) is 17.3 Å². The monoisotopic (exact) mass is 313 g/mol. The van der Waals surface area contributed by atoms with E-state index in [1.54, 1.807) is 27.9 Å². The summed E-state index contributed by atoms with van der Waals surface area (Å²) in [7, 11) is 0. The van der Waals surface area contributed by atoms with E-state index in [2.05, 4.69) is 9.97 Å².